The van der Waals surface area contributed by atoms with E-state index in [1.165, 1.54) is 6.08 Å². The minimum Gasteiger partial charge on any atom is -0.490 e. The SMILES string of the molecule is C=S(=O)(Cc1ccc2c(c1)OCC(C)(C)C(=O)N2CC)C1C=CC(C(F)(F)F)=CC1. The van der Waals surface area contributed by atoms with Gasteiger partial charge in [0.25, 0.3) is 0 Å². The maximum atomic E-state index is 13.2. The quantitative estimate of drug-likeness (QED) is 0.647. The van der Waals surface area contributed by atoms with Gasteiger partial charge < -0.3 is 9.64 Å². The summed E-state index contributed by atoms with van der Waals surface area (Å²) in [5.74, 6) is 4.44. The van der Waals surface area contributed by atoms with Crippen molar-refractivity contribution in [2.45, 2.75) is 44.4 Å². The molecule has 8 heteroatoms. The molecular formula is C22H26F3NO3S. The number of amides is 1. The van der Waals surface area contributed by atoms with E-state index in [1.54, 1.807) is 23.1 Å². The van der Waals surface area contributed by atoms with Crippen LogP contribution in [-0.2, 0) is 20.1 Å². The van der Waals surface area contributed by atoms with Crippen LogP contribution in [0.15, 0.2) is 42.0 Å². The van der Waals surface area contributed by atoms with E-state index >= 15 is 0 Å². The van der Waals surface area contributed by atoms with Crippen LogP contribution in [-0.4, -0.2) is 40.6 Å². The fourth-order valence-electron chi connectivity index (χ4n) is 3.61. The zero-order valence-corrected chi connectivity index (χ0v) is 18.1. The van der Waals surface area contributed by atoms with E-state index in [0.717, 1.165) is 12.2 Å². The summed E-state index contributed by atoms with van der Waals surface area (Å²) in [7, 11) is -2.73. The number of anilines is 1. The first-order chi connectivity index (χ1) is 13.8. The van der Waals surface area contributed by atoms with Gasteiger partial charge in [-0.15, -0.1) is 0 Å². The van der Waals surface area contributed by atoms with Crippen LogP contribution < -0.4 is 9.64 Å². The summed E-state index contributed by atoms with van der Waals surface area (Å²) >= 11 is 0. The third-order valence-electron chi connectivity index (χ3n) is 5.39. The van der Waals surface area contributed by atoms with Crippen LogP contribution in [0.2, 0.25) is 0 Å². The molecule has 0 saturated carbocycles. The number of nitrogens with zero attached hydrogens (tertiary/aromatic N) is 1. The van der Waals surface area contributed by atoms with Crippen molar-refractivity contribution >= 4 is 27.0 Å². The summed E-state index contributed by atoms with van der Waals surface area (Å²) in [6, 6.07) is 5.28. The molecule has 1 aliphatic carbocycles. The maximum Gasteiger partial charge on any atom is 0.416 e. The van der Waals surface area contributed by atoms with Crippen molar-refractivity contribution < 1.29 is 26.9 Å². The minimum atomic E-state index is -4.41. The first-order valence-corrected chi connectivity index (χ1v) is 11.7. The zero-order chi connectivity index (χ0) is 22.3. The number of ether oxygens (including phenoxy) is 1. The zero-order valence-electron chi connectivity index (χ0n) is 17.3. The Bertz CT molecular complexity index is 1010. The smallest absolute Gasteiger partial charge is 0.416 e. The average molecular weight is 442 g/mol. The number of fused-ring (bicyclic) bond motifs is 1. The lowest BCUT2D eigenvalue weighted by molar-refractivity contribution is -0.127. The summed E-state index contributed by atoms with van der Waals surface area (Å²) in [6.45, 7) is 6.25. The van der Waals surface area contributed by atoms with E-state index in [2.05, 4.69) is 5.87 Å². The van der Waals surface area contributed by atoms with Crippen LogP contribution in [0.3, 0.4) is 0 Å². The van der Waals surface area contributed by atoms with Crippen LogP contribution in [0.1, 0.15) is 32.8 Å². The molecule has 0 fully saturated rings. The van der Waals surface area contributed by atoms with Crippen LogP contribution in [0.5, 0.6) is 5.75 Å². The van der Waals surface area contributed by atoms with Gasteiger partial charge >= 0.3 is 6.18 Å². The minimum absolute atomic E-state index is 0.0292. The number of carbonyl (C=O) groups is 1. The highest BCUT2D eigenvalue weighted by atomic mass is 32.2. The highest BCUT2D eigenvalue weighted by Crippen LogP contribution is 2.38. The number of halogens is 3. The summed E-state index contributed by atoms with van der Waals surface area (Å²) in [5, 5.41) is -0.573. The second-order valence-corrected chi connectivity index (χ2v) is 11.0. The molecule has 4 nitrogen and oxygen atoms in total. The Morgan fingerprint density at radius 1 is 1.33 bits per heavy atom. The molecule has 0 N–H and O–H groups in total. The lowest BCUT2D eigenvalue weighted by atomic mass is 9.93. The number of hydrogen-bond donors (Lipinski definition) is 0. The fraction of sp³-hybridized carbons (Fsp3) is 0.455. The molecular weight excluding hydrogens is 415 g/mol. The second kappa shape index (κ2) is 7.80. The Balaban J connectivity index is 1.82. The molecule has 1 heterocycles. The predicted octanol–water partition coefficient (Wildman–Crippen LogP) is 4.49. The van der Waals surface area contributed by atoms with Gasteiger partial charge in [-0.3, -0.25) is 9.00 Å². The molecule has 0 saturated heterocycles. The maximum absolute atomic E-state index is 13.2. The largest absolute Gasteiger partial charge is 0.490 e. The molecule has 3 rings (SSSR count). The molecule has 164 valence electrons. The standard InChI is InChI=1S/C22H26F3NO3S/c1-5-26-18-11-6-15(12-19(18)29-14-21(2,3)20(26)27)13-30(4,28)17-9-7-16(8-10-17)22(23,24)25/h6-9,11-12,17H,4-5,10,13-14H2,1-3H3. The highest BCUT2D eigenvalue weighted by Gasteiger charge is 2.37. The Morgan fingerprint density at radius 3 is 2.60 bits per heavy atom. The van der Waals surface area contributed by atoms with Gasteiger partial charge in [0.15, 0.2) is 0 Å². The molecule has 0 spiro atoms. The lowest BCUT2D eigenvalue weighted by Gasteiger charge is -2.27. The molecule has 0 aromatic heterocycles. The van der Waals surface area contributed by atoms with Gasteiger partial charge in [0.1, 0.15) is 12.4 Å². The van der Waals surface area contributed by atoms with Crippen molar-refractivity contribution in [2.24, 2.45) is 5.41 Å². The van der Waals surface area contributed by atoms with Gasteiger partial charge in [0.2, 0.25) is 5.91 Å². The molecule has 0 bridgehead atoms. The van der Waals surface area contributed by atoms with Gasteiger partial charge in [0.05, 0.1) is 16.7 Å². The Morgan fingerprint density at radius 2 is 2.03 bits per heavy atom. The molecule has 1 aliphatic heterocycles. The van der Waals surface area contributed by atoms with Crippen LogP contribution in [0.4, 0.5) is 18.9 Å². The monoisotopic (exact) mass is 441 g/mol. The molecule has 0 radical (unpaired) electrons. The number of allylic oxidation sites excluding steroid dienone is 3. The number of alkyl halides is 3. The van der Waals surface area contributed by atoms with Crippen molar-refractivity contribution in [1.29, 1.82) is 0 Å². The molecule has 2 unspecified atom stereocenters. The van der Waals surface area contributed by atoms with E-state index in [0.29, 0.717) is 23.5 Å². The van der Waals surface area contributed by atoms with Gasteiger partial charge in [-0.2, -0.15) is 13.2 Å². The first-order valence-electron chi connectivity index (χ1n) is 9.72. The summed E-state index contributed by atoms with van der Waals surface area (Å²) in [4.78, 5) is 14.4. The molecule has 30 heavy (non-hydrogen) atoms. The lowest BCUT2D eigenvalue weighted by Crippen LogP contribution is -2.42. The van der Waals surface area contributed by atoms with Crippen LogP contribution in [0.25, 0.3) is 0 Å². The van der Waals surface area contributed by atoms with Gasteiger partial charge in [-0.1, -0.05) is 24.3 Å². The fourth-order valence-corrected chi connectivity index (χ4v) is 5.38. The van der Waals surface area contributed by atoms with Crippen molar-refractivity contribution in [3.8, 4) is 5.75 Å². The molecule has 2 atom stereocenters. The van der Waals surface area contributed by atoms with E-state index in [4.69, 9.17) is 4.74 Å². The van der Waals surface area contributed by atoms with Crippen molar-refractivity contribution in [1.82, 2.24) is 0 Å². The van der Waals surface area contributed by atoms with E-state index in [-0.39, 0.29) is 24.7 Å². The van der Waals surface area contributed by atoms with E-state index < -0.39 is 31.9 Å². The Kier molecular flexibility index (Phi) is 5.84. The average Bonchev–Trinajstić information content (AvgIpc) is 2.76. The molecule has 1 aromatic carbocycles. The summed E-state index contributed by atoms with van der Waals surface area (Å²) in [5.41, 5.74) is -0.0391. The third-order valence-corrected chi connectivity index (χ3v) is 7.67. The number of benzene rings is 1. The van der Waals surface area contributed by atoms with Crippen molar-refractivity contribution in [2.75, 3.05) is 18.1 Å². The van der Waals surface area contributed by atoms with Crippen LogP contribution >= 0.6 is 0 Å². The van der Waals surface area contributed by atoms with E-state index in [9.17, 15) is 22.2 Å². The summed E-state index contributed by atoms with van der Waals surface area (Å²) < 4.78 is 57.5. The molecule has 1 amide bonds. The topological polar surface area (TPSA) is 46.6 Å². The number of hydrogen-bond acceptors (Lipinski definition) is 3. The third kappa shape index (κ3) is 4.43. The Labute approximate surface area is 175 Å². The van der Waals surface area contributed by atoms with Gasteiger partial charge in [0, 0.05) is 17.5 Å². The molecule has 2 aliphatic rings. The number of rotatable bonds is 4. The van der Waals surface area contributed by atoms with E-state index in [1.807, 2.05) is 20.8 Å². The highest BCUT2D eigenvalue weighted by molar-refractivity contribution is 8.00. The Hall–Kier alpha value is -2.22. The first kappa shape index (κ1) is 22.5. The summed E-state index contributed by atoms with van der Waals surface area (Å²) in [6.07, 6.45) is -0.984. The predicted molar refractivity (Wildman–Crippen MR) is 114 cm³/mol. The second-order valence-electron chi connectivity index (χ2n) is 8.33. The van der Waals surface area contributed by atoms with Crippen molar-refractivity contribution in [3.05, 3.63) is 47.6 Å². The molecule has 1 aromatic rings. The van der Waals surface area contributed by atoms with Crippen LogP contribution in [0, 0.1) is 5.41 Å². The van der Waals surface area contributed by atoms with Gasteiger partial charge in [-0.05, 0) is 60.3 Å². The van der Waals surface area contributed by atoms with Gasteiger partial charge in [-0.25, -0.2) is 0 Å². The normalized spacial score (nSPS) is 23.1. The van der Waals surface area contributed by atoms with Crippen molar-refractivity contribution in [3.63, 3.8) is 0 Å². The number of carbonyl (C=O) groups excluding carboxylic acids is 1.